The second kappa shape index (κ2) is 6.18. The van der Waals surface area contributed by atoms with Crippen LogP contribution in [0.4, 0.5) is 0 Å². The maximum absolute atomic E-state index is 12.4. The predicted molar refractivity (Wildman–Crippen MR) is 76.4 cm³/mol. The van der Waals surface area contributed by atoms with Gasteiger partial charge in [-0.3, -0.25) is 0 Å². The van der Waals surface area contributed by atoms with Crippen molar-refractivity contribution in [1.29, 1.82) is 0 Å². The van der Waals surface area contributed by atoms with Gasteiger partial charge in [0, 0.05) is 5.02 Å². The smallest absolute Gasteiger partial charge is 0.339 e. The Hall–Kier alpha value is -1.35. The molecular weight excluding hydrogens is 322 g/mol. The lowest BCUT2D eigenvalue weighted by Crippen LogP contribution is -2.46. The van der Waals surface area contributed by atoms with Gasteiger partial charge in [-0.15, -0.1) is 0 Å². The lowest BCUT2D eigenvalue weighted by molar-refractivity contribution is 0.0693. The summed E-state index contributed by atoms with van der Waals surface area (Å²) in [4.78, 5) is 10.8. The number of carboxylic acid groups (broad SMARTS) is 1. The van der Waals surface area contributed by atoms with Crippen molar-refractivity contribution in [3.8, 4) is 5.75 Å². The summed E-state index contributed by atoms with van der Waals surface area (Å²) in [7, 11) is -2.98. The lowest BCUT2D eigenvalue weighted by atomic mass is 10.1. The van der Waals surface area contributed by atoms with Gasteiger partial charge >= 0.3 is 5.97 Å². The summed E-state index contributed by atoms with van der Waals surface area (Å²) in [5.74, 6) is -1.69. The Balaban J connectivity index is 3.52. The van der Waals surface area contributed by atoms with Crippen molar-refractivity contribution >= 4 is 27.6 Å². The highest BCUT2D eigenvalue weighted by Crippen LogP contribution is 2.32. The summed E-state index contributed by atoms with van der Waals surface area (Å²) in [6.07, 6.45) is 0. The fraction of sp³-hybridized carbons (Fsp3) is 0.417. The molecule has 0 bridgehead atoms. The molecule has 0 saturated carbocycles. The molecule has 0 aliphatic rings. The number of carboxylic acids is 1. The second-order valence-electron chi connectivity index (χ2n) is 4.94. The van der Waals surface area contributed by atoms with Crippen molar-refractivity contribution in [2.75, 3.05) is 13.7 Å². The highest BCUT2D eigenvalue weighted by Gasteiger charge is 2.30. The molecule has 118 valence electrons. The second-order valence-corrected chi connectivity index (χ2v) is 7.02. The summed E-state index contributed by atoms with van der Waals surface area (Å²) in [5, 5.41) is 18.2. The number of benzene rings is 1. The Labute approximate surface area is 127 Å². The lowest BCUT2D eigenvalue weighted by Gasteiger charge is -2.24. The van der Waals surface area contributed by atoms with E-state index in [1.165, 1.54) is 13.8 Å². The molecule has 0 saturated heterocycles. The quantitative estimate of drug-likeness (QED) is 0.716. The molecule has 0 aromatic heterocycles. The monoisotopic (exact) mass is 337 g/mol. The maximum Gasteiger partial charge on any atom is 0.339 e. The number of hydrogen-bond donors (Lipinski definition) is 3. The molecule has 0 fully saturated rings. The molecule has 7 nitrogen and oxygen atoms in total. The molecule has 1 rings (SSSR count). The number of hydrogen-bond acceptors (Lipinski definition) is 5. The third kappa shape index (κ3) is 4.07. The third-order valence-corrected chi connectivity index (χ3v) is 4.47. The average Bonchev–Trinajstić information content (AvgIpc) is 2.36. The number of ether oxygens (including phenoxy) is 1. The van der Waals surface area contributed by atoms with E-state index >= 15 is 0 Å². The van der Waals surface area contributed by atoms with Gasteiger partial charge in [-0.2, -0.15) is 0 Å². The topological polar surface area (TPSA) is 113 Å². The van der Waals surface area contributed by atoms with Crippen molar-refractivity contribution in [3.63, 3.8) is 0 Å². The van der Waals surface area contributed by atoms with Gasteiger partial charge < -0.3 is 14.9 Å². The van der Waals surface area contributed by atoms with Crippen LogP contribution in [0.5, 0.6) is 5.75 Å². The van der Waals surface area contributed by atoms with Crippen LogP contribution in [-0.2, 0) is 10.0 Å². The number of rotatable bonds is 6. The van der Waals surface area contributed by atoms with E-state index in [0.29, 0.717) is 0 Å². The van der Waals surface area contributed by atoms with Crippen molar-refractivity contribution < 1.29 is 28.2 Å². The molecule has 0 amide bonds. The zero-order valence-electron chi connectivity index (χ0n) is 11.7. The number of aliphatic hydroxyl groups is 1. The minimum absolute atomic E-state index is 0.0598. The first-order valence-corrected chi connectivity index (χ1v) is 7.66. The van der Waals surface area contributed by atoms with Crippen molar-refractivity contribution in [1.82, 2.24) is 4.72 Å². The van der Waals surface area contributed by atoms with Gasteiger partial charge in [0.2, 0.25) is 10.0 Å². The van der Waals surface area contributed by atoms with Crippen LogP contribution < -0.4 is 9.46 Å². The Morgan fingerprint density at radius 3 is 2.43 bits per heavy atom. The third-order valence-electron chi connectivity index (χ3n) is 2.55. The highest BCUT2D eigenvalue weighted by atomic mass is 35.5. The number of sulfonamides is 1. The van der Waals surface area contributed by atoms with Crippen LogP contribution in [0.3, 0.4) is 0 Å². The van der Waals surface area contributed by atoms with Gasteiger partial charge in [0.15, 0.2) is 5.75 Å². The first-order valence-electron chi connectivity index (χ1n) is 5.80. The molecular formula is C12H16ClNO6S. The van der Waals surface area contributed by atoms with Crippen LogP contribution >= 0.6 is 11.6 Å². The molecule has 21 heavy (non-hydrogen) atoms. The molecule has 0 aliphatic carbocycles. The number of nitrogens with one attached hydrogen (secondary N) is 1. The van der Waals surface area contributed by atoms with Gasteiger partial charge in [-0.25, -0.2) is 17.9 Å². The number of aliphatic hydroxyl groups excluding tert-OH is 1. The van der Waals surface area contributed by atoms with E-state index in [9.17, 15) is 13.2 Å². The fourth-order valence-electron chi connectivity index (χ4n) is 1.59. The standard InChI is InChI=1S/C12H16ClNO6S/c1-12(2,6-15)14-21(18,19)9-5-7(13)4-8(11(16)17)10(9)20-3/h4-5,14-15H,6H2,1-3H3,(H,16,17). The number of halogens is 1. The van der Waals surface area contributed by atoms with E-state index in [1.807, 2.05) is 0 Å². The molecule has 0 aliphatic heterocycles. The first kappa shape index (κ1) is 17.7. The number of aromatic carboxylic acids is 1. The van der Waals surface area contributed by atoms with Gasteiger partial charge in [0.1, 0.15) is 10.5 Å². The van der Waals surface area contributed by atoms with E-state index in [0.717, 1.165) is 19.2 Å². The first-order chi connectivity index (χ1) is 9.54. The Bertz CT molecular complexity index is 656. The van der Waals surface area contributed by atoms with E-state index in [1.54, 1.807) is 0 Å². The number of methoxy groups -OCH3 is 1. The molecule has 3 N–H and O–H groups in total. The Morgan fingerprint density at radius 1 is 1.43 bits per heavy atom. The summed E-state index contributed by atoms with van der Waals surface area (Å²) in [6, 6.07) is 2.18. The van der Waals surface area contributed by atoms with Gasteiger partial charge in [-0.1, -0.05) is 11.6 Å². The van der Waals surface area contributed by atoms with Crippen LogP contribution in [0, 0.1) is 0 Å². The molecule has 1 aromatic carbocycles. The normalized spacial score (nSPS) is 12.2. The SMILES string of the molecule is COc1c(C(=O)O)cc(Cl)cc1S(=O)(=O)NC(C)(C)CO. The van der Waals surface area contributed by atoms with E-state index in [-0.39, 0.29) is 16.3 Å². The van der Waals surface area contributed by atoms with Crippen LogP contribution in [0.25, 0.3) is 0 Å². The zero-order valence-corrected chi connectivity index (χ0v) is 13.2. The summed E-state index contributed by atoms with van der Waals surface area (Å²) < 4.78 is 31.9. The van der Waals surface area contributed by atoms with Gasteiger partial charge in [0.05, 0.1) is 19.3 Å². The van der Waals surface area contributed by atoms with Crippen molar-refractivity contribution in [2.24, 2.45) is 0 Å². The van der Waals surface area contributed by atoms with Crippen molar-refractivity contribution in [3.05, 3.63) is 22.7 Å². The Kier molecular flexibility index (Phi) is 5.21. The maximum atomic E-state index is 12.4. The molecule has 0 spiro atoms. The summed E-state index contributed by atoms with van der Waals surface area (Å²) in [6.45, 7) is 2.50. The van der Waals surface area contributed by atoms with E-state index < -0.39 is 33.0 Å². The summed E-state index contributed by atoms with van der Waals surface area (Å²) in [5.41, 5.74) is -1.50. The minimum Gasteiger partial charge on any atom is -0.494 e. The predicted octanol–water partition coefficient (Wildman–Crippen LogP) is 1.10. The zero-order chi connectivity index (χ0) is 16.4. The molecule has 0 unspecified atom stereocenters. The van der Waals surface area contributed by atoms with Crippen LogP contribution in [0.15, 0.2) is 17.0 Å². The van der Waals surface area contributed by atoms with Crippen LogP contribution in [-0.4, -0.2) is 43.9 Å². The van der Waals surface area contributed by atoms with Crippen LogP contribution in [0.2, 0.25) is 5.02 Å². The van der Waals surface area contributed by atoms with Gasteiger partial charge in [-0.05, 0) is 26.0 Å². The van der Waals surface area contributed by atoms with Crippen molar-refractivity contribution in [2.45, 2.75) is 24.3 Å². The molecule has 1 aromatic rings. The summed E-state index contributed by atoms with van der Waals surface area (Å²) >= 11 is 5.77. The molecule has 9 heteroatoms. The molecule has 0 heterocycles. The van der Waals surface area contributed by atoms with Crippen LogP contribution in [0.1, 0.15) is 24.2 Å². The van der Waals surface area contributed by atoms with E-state index in [2.05, 4.69) is 4.72 Å². The minimum atomic E-state index is -4.13. The highest BCUT2D eigenvalue weighted by molar-refractivity contribution is 7.89. The molecule has 0 atom stereocenters. The Morgan fingerprint density at radius 2 is 2.00 bits per heavy atom. The largest absolute Gasteiger partial charge is 0.494 e. The van der Waals surface area contributed by atoms with Gasteiger partial charge in [0.25, 0.3) is 0 Å². The molecule has 0 radical (unpaired) electrons. The number of carbonyl (C=O) groups is 1. The average molecular weight is 338 g/mol. The fourth-order valence-corrected chi connectivity index (χ4v) is 3.49. The van der Waals surface area contributed by atoms with E-state index in [4.69, 9.17) is 26.6 Å².